The number of halogens is 1. The smallest absolute Gasteiger partial charge is 0.306 e. The number of carbonyl (C=O) groups is 1. The number of carboxylic acid groups (broad SMARTS) is 1. The third kappa shape index (κ3) is 2.43. The fraction of sp³-hybridized carbons (Fsp3) is 0.875. The summed E-state index contributed by atoms with van der Waals surface area (Å²) < 4.78 is 34.3. The Morgan fingerprint density at radius 2 is 1.79 bits per heavy atom. The van der Waals surface area contributed by atoms with E-state index in [0.29, 0.717) is 12.8 Å². The first-order chi connectivity index (χ1) is 6.47. The van der Waals surface area contributed by atoms with Crippen LogP contribution in [0.25, 0.3) is 0 Å². The molecular weight excluding hydrogens is 211 g/mol. The van der Waals surface area contributed by atoms with Gasteiger partial charge in [-0.15, -0.1) is 0 Å². The van der Waals surface area contributed by atoms with Crippen LogP contribution in [0.2, 0.25) is 0 Å². The first-order valence-corrected chi connectivity index (χ1v) is 6.19. The predicted molar refractivity (Wildman–Crippen MR) is 48.3 cm³/mol. The molecule has 1 fully saturated rings. The Balaban J connectivity index is 2.56. The molecule has 0 atom stereocenters. The van der Waals surface area contributed by atoms with Crippen LogP contribution < -0.4 is 0 Å². The summed E-state index contributed by atoms with van der Waals surface area (Å²) in [6.45, 7) is 0. The van der Waals surface area contributed by atoms with Crippen molar-refractivity contribution in [3.63, 3.8) is 0 Å². The Kier molecular flexibility index (Phi) is 3.47. The summed E-state index contributed by atoms with van der Waals surface area (Å²) in [5, 5.41) is 7.98. The second-order valence-corrected chi connectivity index (χ2v) is 5.79. The van der Waals surface area contributed by atoms with E-state index in [0.717, 1.165) is 0 Å². The van der Waals surface area contributed by atoms with Crippen molar-refractivity contribution in [2.45, 2.75) is 30.9 Å². The molecule has 82 valence electrons. The highest BCUT2D eigenvalue weighted by atomic mass is 32.2. The third-order valence-corrected chi connectivity index (χ3v) is 4.47. The molecule has 14 heavy (non-hydrogen) atoms. The van der Waals surface area contributed by atoms with Gasteiger partial charge in [-0.25, -0.2) is 12.8 Å². The number of sulfone groups is 1. The molecule has 1 aliphatic carbocycles. The monoisotopic (exact) mass is 224 g/mol. The van der Waals surface area contributed by atoms with E-state index in [9.17, 15) is 17.6 Å². The van der Waals surface area contributed by atoms with Gasteiger partial charge in [-0.05, 0) is 25.7 Å². The van der Waals surface area contributed by atoms with E-state index >= 15 is 0 Å². The number of alkyl halides is 1. The Morgan fingerprint density at radius 1 is 1.29 bits per heavy atom. The van der Waals surface area contributed by atoms with Crippen LogP contribution in [0.3, 0.4) is 0 Å². The molecule has 0 heterocycles. The summed E-state index contributed by atoms with van der Waals surface area (Å²) in [5.41, 5.74) is 0. The topological polar surface area (TPSA) is 71.4 Å². The molecule has 6 heteroatoms. The van der Waals surface area contributed by atoms with Gasteiger partial charge in [0, 0.05) is 0 Å². The second kappa shape index (κ2) is 4.25. The quantitative estimate of drug-likeness (QED) is 0.775. The lowest BCUT2D eigenvalue weighted by atomic mass is 9.89. The molecule has 0 amide bonds. The summed E-state index contributed by atoms with van der Waals surface area (Å²) in [6, 6.07) is -1.34. The molecule has 0 spiro atoms. The molecule has 0 aliphatic heterocycles. The highest BCUT2D eigenvalue weighted by molar-refractivity contribution is 7.91. The molecule has 0 bridgehead atoms. The predicted octanol–water partition coefficient (Wildman–Crippen LogP) is 0.972. The van der Waals surface area contributed by atoms with E-state index in [1.165, 1.54) is 0 Å². The molecule has 0 unspecified atom stereocenters. The van der Waals surface area contributed by atoms with E-state index in [2.05, 4.69) is 0 Å². The maximum atomic E-state index is 12.1. The van der Waals surface area contributed by atoms with Crippen LogP contribution in [0.1, 0.15) is 25.7 Å². The zero-order chi connectivity index (χ0) is 10.8. The summed E-state index contributed by atoms with van der Waals surface area (Å²) in [6.07, 6.45) is 1.20. The molecule has 0 aromatic carbocycles. The maximum Gasteiger partial charge on any atom is 0.306 e. The Bertz CT molecular complexity index is 303. The molecule has 1 N–H and O–H groups in total. The summed E-state index contributed by atoms with van der Waals surface area (Å²) in [7, 11) is -3.63. The summed E-state index contributed by atoms with van der Waals surface area (Å²) in [5.74, 6) is -1.35. The number of hydrogen-bond donors (Lipinski definition) is 1. The SMILES string of the molecule is O=C(O)C1CCC(S(=O)(=O)CF)CC1. The minimum Gasteiger partial charge on any atom is -0.481 e. The zero-order valence-corrected chi connectivity index (χ0v) is 8.46. The lowest BCUT2D eigenvalue weighted by molar-refractivity contribution is -0.142. The molecule has 0 aromatic rings. The van der Waals surface area contributed by atoms with Crippen molar-refractivity contribution in [2.75, 3.05) is 6.01 Å². The first-order valence-electron chi connectivity index (χ1n) is 4.47. The average Bonchev–Trinajstić information content (AvgIpc) is 2.18. The van der Waals surface area contributed by atoms with Crippen LogP contribution in [0, 0.1) is 5.92 Å². The van der Waals surface area contributed by atoms with E-state index in [4.69, 9.17) is 5.11 Å². The minimum atomic E-state index is -3.63. The van der Waals surface area contributed by atoms with Crippen LogP contribution in [-0.4, -0.2) is 30.8 Å². The van der Waals surface area contributed by atoms with Crippen LogP contribution in [0.15, 0.2) is 0 Å². The van der Waals surface area contributed by atoms with Gasteiger partial charge in [-0.1, -0.05) is 0 Å². The molecule has 1 aliphatic rings. The number of carboxylic acids is 1. The van der Waals surface area contributed by atoms with Crippen molar-refractivity contribution < 1.29 is 22.7 Å². The second-order valence-electron chi connectivity index (χ2n) is 3.58. The van der Waals surface area contributed by atoms with Gasteiger partial charge in [-0.2, -0.15) is 0 Å². The average molecular weight is 224 g/mol. The standard InChI is InChI=1S/C8H13FO4S/c9-5-14(12,13)7-3-1-6(2-4-7)8(10)11/h6-7H,1-5H2,(H,10,11). The molecular formula is C8H13FO4S. The van der Waals surface area contributed by atoms with Gasteiger partial charge < -0.3 is 5.11 Å². The maximum absolute atomic E-state index is 12.1. The van der Waals surface area contributed by atoms with Gasteiger partial charge in [0.2, 0.25) is 0 Å². The number of rotatable bonds is 3. The van der Waals surface area contributed by atoms with Crippen molar-refractivity contribution in [3.8, 4) is 0 Å². The van der Waals surface area contributed by atoms with Crippen molar-refractivity contribution in [3.05, 3.63) is 0 Å². The third-order valence-electron chi connectivity index (χ3n) is 2.68. The van der Waals surface area contributed by atoms with Gasteiger partial charge in [0.25, 0.3) is 0 Å². The largest absolute Gasteiger partial charge is 0.481 e. The van der Waals surface area contributed by atoms with E-state index < -0.39 is 33.0 Å². The Morgan fingerprint density at radius 3 is 2.14 bits per heavy atom. The fourth-order valence-corrected chi connectivity index (χ4v) is 2.93. The van der Waals surface area contributed by atoms with Crippen molar-refractivity contribution in [2.24, 2.45) is 5.92 Å². The zero-order valence-electron chi connectivity index (χ0n) is 7.65. The summed E-state index contributed by atoms with van der Waals surface area (Å²) in [4.78, 5) is 10.6. The minimum absolute atomic E-state index is 0.267. The van der Waals surface area contributed by atoms with Crippen LogP contribution >= 0.6 is 0 Å². The molecule has 0 saturated heterocycles. The molecule has 0 radical (unpaired) electrons. The van der Waals surface area contributed by atoms with Crippen molar-refractivity contribution in [1.82, 2.24) is 0 Å². The Hall–Kier alpha value is -0.650. The molecule has 1 saturated carbocycles. The normalized spacial score (nSPS) is 28.6. The summed E-state index contributed by atoms with van der Waals surface area (Å²) >= 11 is 0. The first kappa shape index (κ1) is 11.4. The van der Waals surface area contributed by atoms with Crippen LogP contribution in [0.4, 0.5) is 4.39 Å². The number of aliphatic carboxylic acids is 1. The van der Waals surface area contributed by atoms with Gasteiger partial charge in [-0.3, -0.25) is 4.79 Å². The van der Waals surface area contributed by atoms with Crippen molar-refractivity contribution >= 4 is 15.8 Å². The van der Waals surface area contributed by atoms with E-state index in [-0.39, 0.29) is 12.8 Å². The van der Waals surface area contributed by atoms with Gasteiger partial charge in [0.1, 0.15) is 0 Å². The van der Waals surface area contributed by atoms with E-state index in [1.54, 1.807) is 0 Å². The lowest BCUT2D eigenvalue weighted by Gasteiger charge is -2.24. The molecule has 0 aromatic heterocycles. The highest BCUT2D eigenvalue weighted by Gasteiger charge is 2.33. The lowest BCUT2D eigenvalue weighted by Crippen LogP contribution is -2.30. The number of hydrogen-bond acceptors (Lipinski definition) is 3. The Labute approximate surface area is 82.0 Å². The van der Waals surface area contributed by atoms with Crippen LogP contribution in [-0.2, 0) is 14.6 Å². The van der Waals surface area contributed by atoms with E-state index in [1.807, 2.05) is 0 Å². The van der Waals surface area contributed by atoms with Crippen molar-refractivity contribution in [1.29, 1.82) is 0 Å². The fourth-order valence-electron chi connectivity index (χ4n) is 1.76. The van der Waals surface area contributed by atoms with Crippen LogP contribution in [0.5, 0.6) is 0 Å². The molecule has 1 rings (SSSR count). The highest BCUT2D eigenvalue weighted by Crippen LogP contribution is 2.29. The van der Waals surface area contributed by atoms with Gasteiger partial charge in [0.15, 0.2) is 15.8 Å². The molecule has 4 nitrogen and oxygen atoms in total. The van der Waals surface area contributed by atoms with Gasteiger partial charge >= 0.3 is 5.97 Å². The van der Waals surface area contributed by atoms with Gasteiger partial charge in [0.05, 0.1) is 11.2 Å².